The van der Waals surface area contributed by atoms with Gasteiger partial charge in [-0.2, -0.15) is 13.2 Å². The molecule has 5 aromatic rings. The standard InChI is InChI=1S/C30H20Cl2F3N3O/c31-24-12-8-19(9-13-24)26-27(20-10-14-25(32)15-11-20)38(17-18-4-6-21(7-5-18)28(36)39)29(37-26)22-2-1-3-23(16-22)30(33,34)35/h1-16H,17H2,(H2,36,39). The number of rotatable bonds is 6. The topological polar surface area (TPSA) is 60.9 Å². The lowest BCUT2D eigenvalue weighted by Gasteiger charge is -2.15. The monoisotopic (exact) mass is 565 g/mol. The van der Waals surface area contributed by atoms with Crippen molar-refractivity contribution in [3.05, 3.63) is 124 Å². The summed E-state index contributed by atoms with van der Waals surface area (Å²) in [6.45, 7) is 0.253. The lowest BCUT2D eigenvalue weighted by molar-refractivity contribution is -0.137. The smallest absolute Gasteiger partial charge is 0.366 e. The number of carbonyl (C=O) groups is 1. The number of nitrogens with zero attached hydrogens (tertiary/aromatic N) is 2. The number of benzene rings is 4. The Kier molecular flexibility index (Phi) is 7.21. The zero-order valence-corrected chi connectivity index (χ0v) is 21.7. The highest BCUT2D eigenvalue weighted by Gasteiger charge is 2.31. The van der Waals surface area contributed by atoms with Crippen LogP contribution in [0.2, 0.25) is 10.0 Å². The number of nitrogens with two attached hydrogens (primary N) is 1. The molecule has 39 heavy (non-hydrogen) atoms. The molecular formula is C30H20Cl2F3N3O. The molecule has 0 saturated carbocycles. The van der Waals surface area contributed by atoms with Crippen LogP contribution >= 0.6 is 23.2 Å². The summed E-state index contributed by atoms with van der Waals surface area (Å²) in [5.41, 5.74) is 8.81. The van der Waals surface area contributed by atoms with Crippen molar-refractivity contribution in [2.75, 3.05) is 0 Å². The minimum absolute atomic E-state index is 0.253. The highest BCUT2D eigenvalue weighted by atomic mass is 35.5. The first-order valence-corrected chi connectivity index (χ1v) is 12.5. The number of alkyl halides is 3. The van der Waals surface area contributed by atoms with Crippen LogP contribution in [0.1, 0.15) is 21.5 Å². The van der Waals surface area contributed by atoms with E-state index in [0.717, 1.165) is 28.8 Å². The van der Waals surface area contributed by atoms with Crippen molar-refractivity contribution in [1.29, 1.82) is 0 Å². The largest absolute Gasteiger partial charge is 0.416 e. The number of hydrogen-bond donors (Lipinski definition) is 1. The van der Waals surface area contributed by atoms with Crippen LogP contribution in [0.3, 0.4) is 0 Å². The van der Waals surface area contributed by atoms with Gasteiger partial charge >= 0.3 is 6.18 Å². The van der Waals surface area contributed by atoms with E-state index >= 15 is 0 Å². The highest BCUT2D eigenvalue weighted by Crippen LogP contribution is 2.39. The molecule has 1 aromatic heterocycles. The molecule has 0 spiro atoms. The van der Waals surface area contributed by atoms with Crippen molar-refractivity contribution < 1.29 is 18.0 Å². The van der Waals surface area contributed by atoms with Crippen molar-refractivity contribution in [2.45, 2.75) is 12.7 Å². The van der Waals surface area contributed by atoms with Gasteiger partial charge in [0.05, 0.1) is 17.0 Å². The van der Waals surface area contributed by atoms with E-state index in [1.807, 2.05) is 28.8 Å². The molecule has 0 radical (unpaired) electrons. The van der Waals surface area contributed by atoms with Crippen LogP contribution in [-0.4, -0.2) is 15.5 Å². The first-order valence-electron chi connectivity index (χ1n) is 11.8. The predicted octanol–water partition coefficient (Wildman–Crippen LogP) is 8.36. The second-order valence-electron chi connectivity index (χ2n) is 8.87. The van der Waals surface area contributed by atoms with Gasteiger partial charge in [-0.15, -0.1) is 0 Å². The Hall–Kier alpha value is -4.07. The molecular weight excluding hydrogens is 546 g/mol. The zero-order valence-electron chi connectivity index (χ0n) is 20.2. The van der Waals surface area contributed by atoms with Crippen molar-refractivity contribution in [3.8, 4) is 33.9 Å². The number of amides is 1. The van der Waals surface area contributed by atoms with E-state index < -0.39 is 17.6 Å². The van der Waals surface area contributed by atoms with Crippen LogP contribution in [0.25, 0.3) is 33.9 Å². The number of hydrogen-bond acceptors (Lipinski definition) is 2. The molecule has 4 aromatic carbocycles. The Bertz CT molecular complexity index is 1640. The summed E-state index contributed by atoms with van der Waals surface area (Å²) in [6.07, 6.45) is -4.52. The fraction of sp³-hybridized carbons (Fsp3) is 0.0667. The SMILES string of the molecule is NC(=O)c1ccc(Cn2c(-c3cccc(C(F)(F)F)c3)nc(-c3ccc(Cl)cc3)c2-c2ccc(Cl)cc2)cc1. The number of aromatic nitrogens is 2. The second-order valence-corrected chi connectivity index (χ2v) is 9.75. The maximum atomic E-state index is 13.6. The van der Waals surface area contributed by atoms with Crippen molar-refractivity contribution in [1.82, 2.24) is 9.55 Å². The summed E-state index contributed by atoms with van der Waals surface area (Å²) >= 11 is 12.3. The lowest BCUT2D eigenvalue weighted by Crippen LogP contribution is -2.11. The Balaban J connectivity index is 1.78. The Morgan fingerprint density at radius 2 is 1.38 bits per heavy atom. The average Bonchev–Trinajstić information content (AvgIpc) is 3.28. The van der Waals surface area contributed by atoms with Gasteiger partial charge in [-0.3, -0.25) is 4.79 Å². The first kappa shape index (κ1) is 26.5. The number of carbonyl (C=O) groups excluding carboxylic acids is 1. The quantitative estimate of drug-likeness (QED) is 0.225. The van der Waals surface area contributed by atoms with E-state index in [-0.39, 0.29) is 6.54 Å². The van der Waals surface area contributed by atoms with Crippen LogP contribution < -0.4 is 5.73 Å². The summed E-state index contributed by atoms with van der Waals surface area (Å²) in [5.74, 6) is -0.212. The first-order chi connectivity index (χ1) is 18.6. The Morgan fingerprint density at radius 3 is 1.95 bits per heavy atom. The molecule has 5 rings (SSSR count). The van der Waals surface area contributed by atoms with Gasteiger partial charge in [0, 0.05) is 38.8 Å². The van der Waals surface area contributed by atoms with E-state index in [9.17, 15) is 18.0 Å². The molecule has 1 amide bonds. The molecule has 2 N–H and O–H groups in total. The minimum atomic E-state index is -4.52. The van der Waals surface area contributed by atoms with Crippen LogP contribution in [0, 0.1) is 0 Å². The summed E-state index contributed by atoms with van der Waals surface area (Å²) < 4.78 is 42.8. The molecule has 0 bridgehead atoms. The van der Waals surface area contributed by atoms with Crippen molar-refractivity contribution in [2.24, 2.45) is 5.73 Å². The minimum Gasteiger partial charge on any atom is -0.366 e. The van der Waals surface area contributed by atoms with Gasteiger partial charge in [0.15, 0.2) is 0 Å². The second kappa shape index (κ2) is 10.6. The van der Waals surface area contributed by atoms with Gasteiger partial charge in [0.1, 0.15) is 5.82 Å². The van der Waals surface area contributed by atoms with Gasteiger partial charge in [-0.1, -0.05) is 71.7 Å². The maximum Gasteiger partial charge on any atom is 0.416 e. The molecule has 0 aliphatic carbocycles. The Morgan fingerprint density at radius 1 is 0.795 bits per heavy atom. The summed E-state index contributed by atoms with van der Waals surface area (Å²) in [5, 5.41) is 1.08. The molecule has 4 nitrogen and oxygen atoms in total. The number of halogens is 5. The molecule has 0 saturated heterocycles. The van der Waals surface area contributed by atoms with Gasteiger partial charge in [0.2, 0.25) is 5.91 Å². The van der Waals surface area contributed by atoms with E-state index in [1.54, 1.807) is 54.6 Å². The van der Waals surface area contributed by atoms with Gasteiger partial charge < -0.3 is 10.3 Å². The predicted molar refractivity (Wildman–Crippen MR) is 148 cm³/mol. The van der Waals surface area contributed by atoms with Gasteiger partial charge in [0.25, 0.3) is 0 Å². The van der Waals surface area contributed by atoms with Crippen LogP contribution in [-0.2, 0) is 12.7 Å². The van der Waals surface area contributed by atoms with E-state index in [4.69, 9.17) is 33.9 Å². The van der Waals surface area contributed by atoms with Crippen molar-refractivity contribution >= 4 is 29.1 Å². The highest BCUT2D eigenvalue weighted by molar-refractivity contribution is 6.31. The molecule has 0 aliphatic heterocycles. The van der Waals surface area contributed by atoms with Gasteiger partial charge in [-0.25, -0.2) is 4.98 Å². The molecule has 1 heterocycles. The van der Waals surface area contributed by atoms with Crippen LogP contribution in [0.5, 0.6) is 0 Å². The molecule has 0 fully saturated rings. The Labute approximate surface area is 232 Å². The molecule has 0 aliphatic rings. The van der Waals surface area contributed by atoms with Crippen LogP contribution in [0.4, 0.5) is 13.2 Å². The average molecular weight is 566 g/mol. The lowest BCUT2D eigenvalue weighted by atomic mass is 10.0. The van der Waals surface area contributed by atoms with Crippen LogP contribution in [0.15, 0.2) is 97.1 Å². The van der Waals surface area contributed by atoms with E-state index in [1.165, 1.54) is 6.07 Å². The number of imidazole rings is 1. The third-order valence-corrected chi connectivity index (χ3v) is 6.73. The summed E-state index contributed by atoms with van der Waals surface area (Å²) in [7, 11) is 0. The fourth-order valence-electron chi connectivity index (χ4n) is 4.33. The summed E-state index contributed by atoms with van der Waals surface area (Å²) in [4.78, 5) is 16.5. The fourth-order valence-corrected chi connectivity index (χ4v) is 4.58. The third kappa shape index (κ3) is 5.70. The molecule has 9 heteroatoms. The van der Waals surface area contributed by atoms with Crippen molar-refractivity contribution in [3.63, 3.8) is 0 Å². The third-order valence-electron chi connectivity index (χ3n) is 6.23. The van der Waals surface area contributed by atoms with E-state index in [2.05, 4.69) is 0 Å². The summed E-state index contributed by atoms with van der Waals surface area (Å²) in [6, 6.07) is 26.0. The van der Waals surface area contributed by atoms with Gasteiger partial charge in [-0.05, 0) is 54.1 Å². The van der Waals surface area contributed by atoms with E-state index in [0.29, 0.717) is 38.4 Å². The molecule has 0 unspecified atom stereocenters. The molecule has 196 valence electrons. The normalized spacial score (nSPS) is 11.5. The zero-order chi connectivity index (χ0) is 27.7. The number of primary amides is 1. The maximum absolute atomic E-state index is 13.6. The molecule has 0 atom stereocenters.